The third-order valence-electron chi connectivity index (χ3n) is 3.75. The number of nitrogens with zero attached hydrogens (tertiary/aromatic N) is 3. The van der Waals surface area contributed by atoms with Crippen LogP contribution in [0.1, 0.15) is 31.9 Å². The van der Waals surface area contributed by atoms with Gasteiger partial charge in [-0.25, -0.2) is 4.98 Å². The van der Waals surface area contributed by atoms with Gasteiger partial charge in [-0.2, -0.15) is 0 Å². The molecule has 2 heterocycles. The van der Waals surface area contributed by atoms with E-state index in [0.717, 1.165) is 19.6 Å². The van der Waals surface area contributed by atoms with Crippen LogP contribution in [-0.4, -0.2) is 40.6 Å². The number of hydrogen-bond acceptors (Lipinski definition) is 3. The van der Waals surface area contributed by atoms with E-state index in [4.69, 9.17) is 0 Å². The second-order valence-corrected chi connectivity index (χ2v) is 4.93. The normalized spacial score (nSPS) is 21.9. The largest absolute Gasteiger partial charge is 0.334 e. The van der Waals surface area contributed by atoms with Gasteiger partial charge in [0, 0.05) is 31.9 Å². The molecule has 1 saturated heterocycles. The van der Waals surface area contributed by atoms with E-state index in [-0.39, 0.29) is 0 Å². The predicted molar refractivity (Wildman–Crippen MR) is 69.9 cm³/mol. The monoisotopic (exact) mass is 236 g/mol. The molecule has 17 heavy (non-hydrogen) atoms. The zero-order valence-electron chi connectivity index (χ0n) is 11.0. The number of imidazole rings is 1. The summed E-state index contributed by atoms with van der Waals surface area (Å²) in [4.78, 5) is 6.67. The molecular weight excluding hydrogens is 212 g/mol. The van der Waals surface area contributed by atoms with Crippen molar-refractivity contribution in [2.45, 2.75) is 45.3 Å². The predicted octanol–water partition coefficient (Wildman–Crippen LogP) is 1.48. The molecule has 96 valence electrons. The van der Waals surface area contributed by atoms with E-state index in [9.17, 15) is 0 Å². The molecule has 4 heteroatoms. The Morgan fingerprint density at radius 3 is 3.12 bits per heavy atom. The maximum absolute atomic E-state index is 4.19. The van der Waals surface area contributed by atoms with Gasteiger partial charge in [-0.05, 0) is 33.4 Å². The van der Waals surface area contributed by atoms with Gasteiger partial charge in [-0.3, -0.25) is 0 Å². The van der Waals surface area contributed by atoms with Gasteiger partial charge in [0.25, 0.3) is 0 Å². The average molecular weight is 236 g/mol. The number of aromatic nitrogens is 2. The Morgan fingerprint density at radius 2 is 2.35 bits per heavy atom. The molecule has 1 aliphatic heterocycles. The van der Waals surface area contributed by atoms with Crippen molar-refractivity contribution in [2.24, 2.45) is 0 Å². The third-order valence-corrected chi connectivity index (χ3v) is 3.75. The highest BCUT2D eigenvalue weighted by atomic mass is 15.2. The summed E-state index contributed by atoms with van der Waals surface area (Å²) in [6.45, 7) is 6.42. The van der Waals surface area contributed by atoms with Gasteiger partial charge < -0.3 is 14.8 Å². The van der Waals surface area contributed by atoms with Gasteiger partial charge >= 0.3 is 0 Å². The van der Waals surface area contributed by atoms with E-state index in [0.29, 0.717) is 6.04 Å². The maximum atomic E-state index is 4.19. The zero-order valence-corrected chi connectivity index (χ0v) is 11.0. The third kappa shape index (κ3) is 3.30. The summed E-state index contributed by atoms with van der Waals surface area (Å²) in [5, 5.41) is 3.56. The van der Waals surface area contributed by atoms with E-state index in [2.05, 4.69) is 33.7 Å². The van der Waals surface area contributed by atoms with E-state index < -0.39 is 0 Å². The highest BCUT2D eigenvalue weighted by Crippen LogP contribution is 2.14. The van der Waals surface area contributed by atoms with Gasteiger partial charge in [0.2, 0.25) is 0 Å². The smallest absolute Gasteiger partial charge is 0.0948 e. The number of piperidine rings is 1. The lowest BCUT2D eigenvalue weighted by molar-refractivity contribution is 0.181. The summed E-state index contributed by atoms with van der Waals surface area (Å²) in [6, 6.07) is 0.710. The molecule has 1 unspecified atom stereocenters. The molecule has 0 radical (unpaired) electrons. The molecule has 0 aromatic carbocycles. The van der Waals surface area contributed by atoms with Gasteiger partial charge in [0.15, 0.2) is 0 Å². The van der Waals surface area contributed by atoms with Crippen LogP contribution >= 0.6 is 0 Å². The lowest BCUT2D eigenvalue weighted by Crippen LogP contribution is -2.43. The lowest BCUT2D eigenvalue weighted by Gasteiger charge is -2.32. The molecule has 4 nitrogen and oxygen atoms in total. The van der Waals surface area contributed by atoms with Crippen molar-refractivity contribution < 1.29 is 0 Å². The Morgan fingerprint density at radius 1 is 1.47 bits per heavy atom. The van der Waals surface area contributed by atoms with Crippen molar-refractivity contribution in [3.63, 3.8) is 0 Å². The highest BCUT2D eigenvalue weighted by molar-refractivity contribution is 4.97. The van der Waals surface area contributed by atoms with Crippen LogP contribution in [0.5, 0.6) is 0 Å². The van der Waals surface area contributed by atoms with Crippen LogP contribution in [0.15, 0.2) is 12.5 Å². The fraction of sp³-hybridized carbons (Fsp3) is 0.769. The van der Waals surface area contributed by atoms with E-state index >= 15 is 0 Å². The van der Waals surface area contributed by atoms with Gasteiger partial charge in [-0.15, -0.1) is 0 Å². The Hall–Kier alpha value is -0.870. The van der Waals surface area contributed by atoms with Crippen molar-refractivity contribution in [3.8, 4) is 0 Å². The summed E-state index contributed by atoms with van der Waals surface area (Å²) in [7, 11) is 2.24. The molecule has 1 N–H and O–H groups in total. The number of aryl methyl sites for hydroxylation is 1. The summed E-state index contributed by atoms with van der Waals surface area (Å²) in [5.41, 5.74) is 1.28. The van der Waals surface area contributed by atoms with Crippen LogP contribution in [0, 0.1) is 0 Å². The van der Waals surface area contributed by atoms with Crippen molar-refractivity contribution in [2.75, 3.05) is 20.1 Å². The SMILES string of the molecule is CCn1cncc1CNCC1CCCCN1C. The molecular formula is C13H24N4. The Kier molecular flexibility index (Phi) is 4.57. The zero-order chi connectivity index (χ0) is 12.1. The Balaban J connectivity index is 1.75. The fourth-order valence-corrected chi connectivity index (χ4v) is 2.55. The molecule has 0 bridgehead atoms. The first-order valence-electron chi connectivity index (χ1n) is 6.71. The van der Waals surface area contributed by atoms with Gasteiger partial charge in [0.05, 0.1) is 12.0 Å². The first kappa shape index (κ1) is 12.6. The Bertz CT molecular complexity index is 334. The fourth-order valence-electron chi connectivity index (χ4n) is 2.55. The number of nitrogens with one attached hydrogen (secondary N) is 1. The van der Waals surface area contributed by atoms with Crippen molar-refractivity contribution in [3.05, 3.63) is 18.2 Å². The molecule has 0 aliphatic carbocycles. The molecule has 1 aromatic rings. The molecule has 0 amide bonds. The van der Waals surface area contributed by atoms with Crippen molar-refractivity contribution in [1.29, 1.82) is 0 Å². The van der Waals surface area contributed by atoms with Crippen LogP contribution in [0.2, 0.25) is 0 Å². The van der Waals surface area contributed by atoms with Crippen LogP contribution < -0.4 is 5.32 Å². The lowest BCUT2D eigenvalue weighted by atomic mass is 10.0. The second-order valence-electron chi connectivity index (χ2n) is 4.93. The molecule has 2 rings (SSSR count). The number of likely N-dealkylation sites (N-methyl/N-ethyl adjacent to an activating group) is 1. The van der Waals surface area contributed by atoms with Crippen LogP contribution in [-0.2, 0) is 13.1 Å². The van der Waals surface area contributed by atoms with E-state index in [1.165, 1.54) is 31.5 Å². The summed E-state index contributed by atoms with van der Waals surface area (Å²) < 4.78 is 2.19. The molecule has 1 aromatic heterocycles. The van der Waals surface area contributed by atoms with Crippen LogP contribution in [0.3, 0.4) is 0 Å². The van der Waals surface area contributed by atoms with E-state index in [1.807, 2.05) is 12.5 Å². The quantitative estimate of drug-likeness (QED) is 0.840. The maximum Gasteiger partial charge on any atom is 0.0948 e. The van der Waals surface area contributed by atoms with Gasteiger partial charge in [0.1, 0.15) is 0 Å². The van der Waals surface area contributed by atoms with Gasteiger partial charge in [-0.1, -0.05) is 6.42 Å². The molecule has 1 atom stereocenters. The van der Waals surface area contributed by atoms with Crippen LogP contribution in [0.4, 0.5) is 0 Å². The number of likely N-dealkylation sites (tertiary alicyclic amines) is 1. The first-order valence-corrected chi connectivity index (χ1v) is 6.71. The standard InChI is InChI=1S/C13H24N4/c1-3-17-11-15-10-13(17)9-14-8-12-6-4-5-7-16(12)2/h10-12,14H,3-9H2,1-2H3. The topological polar surface area (TPSA) is 33.1 Å². The van der Waals surface area contributed by atoms with E-state index in [1.54, 1.807) is 0 Å². The summed E-state index contributed by atoms with van der Waals surface area (Å²) >= 11 is 0. The number of hydrogen-bond donors (Lipinski definition) is 1. The molecule has 1 fully saturated rings. The average Bonchev–Trinajstić information content (AvgIpc) is 2.79. The van der Waals surface area contributed by atoms with Crippen molar-refractivity contribution in [1.82, 2.24) is 19.8 Å². The molecule has 1 aliphatic rings. The minimum Gasteiger partial charge on any atom is -0.334 e. The molecule has 0 saturated carbocycles. The number of rotatable bonds is 5. The molecule has 0 spiro atoms. The minimum absolute atomic E-state index is 0.710. The summed E-state index contributed by atoms with van der Waals surface area (Å²) in [5.74, 6) is 0. The van der Waals surface area contributed by atoms with Crippen LogP contribution in [0.25, 0.3) is 0 Å². The second kappa shape index (κ2) is 6.17. The highest BCUT2D eigenvalue weighted by Gasteiger charge is 2.18. The summed E-state index contributed by atoms with van der Waals surface area (Å²) in [6.07, 6.45) is 7.93. The van der Waals surface area contributed by atoms with Crippen molar-refractivity contribution >= 4 is 0 Å². The first-order chi connectivity index (χ1) is 8.31. The minimum atomic E-state index is 0.710. The Labute approximate surface area is 104 Å².